The number of aromatic nitrogens is 2. The van der Waals surface area contributed by atoms with E-state index in [1.807, 2.05) is 30.3 Å². The summed E-state index contributed by atoms with van der Waals surface area (Å²) in [5.41, 5.74) is 2.74. The van der Waals surface area contributed by atoms with Crippen molar-refractivity contribution in [2.75, 3.05) is 7.11 Å². The van der Waals surface area contributed by atoms with Crippen LogP contribution in [0.4, 0.5) is 0 Å². The number of carbonyl (C=O) groups is 1. The minimum atomic E-state index is -0.390. The molecule has 23 heavy (non-hydrogen) atoms. The predicted octanol–water partition coefficient (Wildman–Crippen LogP) is 3.83. The van der Waals surface area contributed by atoms with Gasteiger partial charge >= 0.3 is 5.97 Å². The maximum atomic E-state index is 11.8. The van der Waals surface area contributed by atoms with Crippen molar-refractivity contribution in [3.8, 4) is 11.3 Å². The zero-order chi connectivity index (χ0) is 15.8. The largest absolute Gasteiger partial charge is 0.465 e. The number of fused-ring (bicyclic) bond motifs is 2. The van der Waals surface area contributed by atoms with Gasteiger partial charge in [-0.15, -0.1) is 0 Å². The minimum Gasteiger partial charge on any atom is -0.465 e. The van der Waals surface area contributed by atoms with Crippen molar-refractivity contribution in [1.29, 1.82) is 0 Å². The van der Waals surface area contributed by atoms with Crippen molar-refractivity contribution in [2.45, 2.75) is 0 Å². The number of carbonyl (C=O) groups excluding carboxylic acids is 1. The third kappa shape index (κ3) is 2.23. The molecule has 2 heterocycles. The maximum absolute atomic E-state index is 11.8. The van der Waals surface area contributed by atoms with E-state index in [1.165, 1.54) is 7.11 Å². The van der Waals surface area contributed by atoms with Gasteiger partial charge in [0.2, 0.25) is 0 Å². The van der Waals surface area contributed by atoms with E-state index in [2.05, 4.69) is 10.2 Å². The molecule has 0 fully saturated rings. The molecule has 0 radical (unpaired) electrons. The Morgan fingerprint density at radius 1 is 1.13 bits per heavy atom. The molecule has 0 amide bonds. The van der Waals surface area contributed by atoms with Crippen molar-refractivity contribution in [3.63, 3.8) is 0 Å². The van der Waals surface area contributed by atoms with Gasteiger partial charge in [-0.1, -0.05) is 18.2 Å². The number of para-hydroxylation sites is 1. The normalized spacial score (nSPS) is 11.0. The lowest BCUT2D eigenvalue weighted by molar-refractivity contribution is 0.0601. The summed E-state index contributed by atoms with van der Waals surface area (Å²) in [6.07, 6.45) is 1.64. The van der Waals surface area contributed by atoms with Crippen LogP contribution in [0.2, 0.25) is 0 Å². The molecule has 0 aliphatic heterocycles. The Morgan fingerprint density at radius 3 is 2.83 bits per heavy atom. The fourth-order valence-corrected chi connectivity index (χ4v) is 2.61. The number of nitrogens with zero attached hydrogens (tertiary/aromatic N) is 2. The smallest absolute Gasteiger partial charge is 0.337 e. The number of methoxy groups -OCH3 is 1. The highest BCUT2D eigenvalue weighted by Crippen LogP contribution is 2.32. The van der Waals surface area contributed by atoms with Gasteiger partial charge in [0.25, 0.3) is 0 Å². The molecular formula is C18H12N2O3. The van der Waals surface area contributed by atoms with Crippen LogP contribution in [0.3, 0.4) is 0 Å². The summed E-state index contributed by atoms with van der Waals surface area (Å²) >= 11 is 0. The third-order valence-electron chi connectivity index (χ3n) is 3.75. The number of ether oxygens (including phenoxy) is 1. The van der Waals surface area contributed by atoms with Crippen LogP contribution in [0.5, 0.6) is 0 Å². The lowest BCUT2D eigenvalue weighted by atomic mass is 10.1. The summed E-state index contributed by atoms with van der Waals surface area (Å²) in [5.74, 6) is 0.299. The Balaban J connectivity index is 1.96. The van der Waals surface area contributed by atoms with Crippen LogP contribution < -0.4 is 0 Å². The fourth-order valence-electron chi connectivity index (χ4n) is 2.61. The number of benzene rings is 2. The van der Waals surface area contributed by atoms with Crippen LogP contribution in [0, 0.1) is 0 Å². The average molecular weight is 304 g/mol. The molecular weight excluding hydrogens is 292 g/mol. The molecule has 2 aromatic carbocycles. The van der Waals surface area contributed by atoms with Gasteiger partial charge < -0.3 is 9.15 Å². The zero-order valence-electron chi connectivity index (χ0n) is 12.3. The second-order valence-corrected chi connectivity index (χ2v) is 5.13. The van der Waals surface area contributed by atoms with Gasteiger partial charge in [0, 0.05) is 16.3 Å². The highest BCUT2D eigenvalue weighted by atomic mass is 16.5. The zero-order valence-corrected chi connectivity index (χ0v) is 12.3. The molecule has 2 aromatic heterocycles. The molecule has 5 heteroatoms. The molecule has 0 bridgehead atoms. The van der Waals surface area contributed by atoms with E-state index < -0.39 is 0 Å². The highest BCUT2D eigenvalue weighted by Gasteiger charge is 2.13. The van der Waals surface area contributed by atoms with Crippen molar-refractivity contribution in [2.24, 2.45) is 0 Å². The van der Waals surface area contributed by atoms with Crippen molar-refractivity contribution in [1.82, 2.24) is 10.2 Å². The third-order valence-corrected chi connectivity index (χ3v) is 3.75. The van der Waals surface area contributed by atoms with Gasteiger partial charge in [0.15, 0.2) is 0 Å². The first kappa shape index (κ1) is 13.5. The van der Waals surface area contributed by atoms with Crippen LogP contribution in [-0.2, 0) is 4.74 Å². The molecule has 112 valence electrons. The SMILES string of the molecule is COC(=O)c1ccc2nncc(-c3cc4ccccc4o3)c2c1. The van der Waals surface area contributed by atoms with Crippen LogP contribution >= 0.6 is 0 Å². The number of rotatable bonds is 2. The van der Waals surface area contributed by atoms with Crippen LogP contribution in [-0.4, -0.2) is 23.3 Å². The molecule has 0 aliphatic rings. The molecule has 4 aromatic rings. The van der Waals surface area contributed by atoms with Gasteiger partial charge in [-0.05, 0) is 30.3 Å². The quantitative estimate of drug-likeness (QED) is 0.527. The Kier molecular flexibility index (Phi) is 3.05. The first-order chi connectivity index (χ1) is 11.3. The second-order valence-electron chi connectivity index (χ2n) is 5.13. The van der Waals surface area contributed by atoms with Gasteiger partial charge in [0.05, 0.1) is 24.4 Å². The van der Waals surface area contributed by atoms with Crippen molar-refractivity contribution >= 4 is 27.8 Å². The second kappa shape index (κ2) is 5.21. The topological polar surface area (TPSA) is 65.2 Å². The number of hydrogen-bond donors (Lipinski definition) is 0. The van der Waals surface area contributed by atoms with Crippen LogP contribution in [0.1, 0.15) is 10.4 Å². The van der Waals surface area contributed by atoms with Gasteiger partial charge in [-0.2, -0.15) is 10.2 Å². The number of furan rings is 1. The predicted molar refractivity (Wildman–Crippen MR) is 86.1 cm³/mol. The van der Waals surface area contributed by atoms with Gasteiger partial charge in [0.1, 0.15) is 11.3 Å². The number of hydrogen-bond acceptors (Lipinski definition) is 5. The van der Waals surface area contributed by atoms with E-state index in [4.69, 9.17) is 9.15 Å². The Bertz CT molecular complexity index is 1000. The molecule has 4 rings (SSSR count). The van der Waals surface area contributed by atoms with Crippen molar-refractivity contribution in [3.05, 3.63) is 60.3 Å². The first-order valence-electron chi connectivity index (χ1n) is 7.09. The summed E-state index contributed by atoms with van der Waals surface area (Å²) in [4.78, 5) is 11.8. The van der Waals surface area contributed by atoms with E-state index in [9.17, 15) is 4.79 Å². The summed E-state index contributed by atoms with van der Waals surface area (Å²) in [6, 6.07) is 14.9. The average Bonchev–Trinajstić information content (AvgIpc) is 3.04. The Labute approximate surface area is 131 Å². The van der Waals surface area contributed by atoms with E-state index >= 15 is 0 Å². The lowest BCUT2D eigenvalue weighted by Crippen LogP contribution is -2.01. The van der Waals surface area contributed by atoms with Gasteiger partial charge in [-0.25, -0.2) is 4.79 Å². The van der Waals surface area contributed by atoms with E-state index in [0.29, 0.717) is 16.8 Å². The summed E-state index contributed by atoms with van der Waals surface area (Å²) in [7, 11) is 1.36. The summed E-state index contributed by atoms with van der Waals surface area (Å²) in [6.45, 7) is 0. The lowest BCUT2D eigenvalue weighted by Gasteiger charge is -2.04. The molecule has 5 nitrogen and oxygen atoms in total. The Morgan fingerprint density at radius 2 is 2.00 bits per heavy atom. The van der Waals surface area contributed by atoms with Crippen LogP contribution in [0.15, 0.2) is 59.1 Å². The van der Waals surface area contributed by atoms with E-state index in [-0.39, 0.29) is 5.97 Å². The molecule has 0 saturated carbocycles. The fraction of sp³-hybridized carbons (Fsp3) is 0.0556. The molecule has 0 spiro atoms. The monoisotopic (exact) mass is 304 g/mol. The number of esters is 1. The summed E-state index contributed by atoms with van der Waals surface area (Å²) < 4.78 is 10.7. The summed E-state index contributed by atoms with van der Waals surface area (Å²) in [5, 5.41) is 9.94. The molecule has 0 saturated heterocycles. The standard InChI is InChI=1S/C18H12N2O3/c1-22-18(21)12-6-7-15-13(8-12)14(10-19-20-15)17-9-11-4-2-3-5-16(11)23-17/h2-10H,1H3. The minimum absolute atomic E-state index is 0.390. The highest BCUT2D eigenvalue weighted by molar-refractivity contribution is 6.00. The van der Waals surface area contributed by atoms with E-state index in [0.717, 1.165) is 21.9 Å². The van der Waals surface area contributed by atoms with Gasteiger partial charge in [-0.3, -0.25) is 0 Å². The first-order valence-corrected chi connectivity index (χ1v) is 7.09. The molecule has 0 unspecified atom stereocenters. The molecule has 0 N–H and O–H groups in total. The van der Waals surface area contributed by atoms with Crippen molar-refractivity contribution < 1.29 is 13.9 Å². The van der Waals surface area contributed by atoms with E-state index in [1.54, 1.807) is 24.4 Å². The Hall–Kier alpha value is -3.21. The maximum Gasteiger partial charge on any atom is 0.337 e. The molecule has 0 atom stereocenters. The molecule has 0 aliphatic carbocycles. The van der Waals surface area contributed by atoms with Crippen LogP contribution in [0.25, 0.3) is 33.2 Å².